The van der Waals surface area contributed by atoms with Crippen LogP contribution < -0.4 is 0 Å². The third-order valence-electron chi connectivity index (χ3n) is 1.56. The van der Waals surface area contributed by atoms with E-state index in [9.17, 15) is 22.0 Å². The van der Waals surface area contributed by atoms with Gasteiger partial charge in [-0.3, -0.25) is 0 Å². The van der Waals surface area contributed by atoms with Crippen molar-refractivity contribution in [3.63, 3.8) is 0 Å². The number of benzene rings is 1. The predicted octanol–water partition coefficient (Wildman–Crippen LogP) is 3.88. The van der Waals surface area contributed by atoms with E-state index in [0.717, 1.165) is 6.07 Å². The molecule has 1 aromatic rings. The Labute approximate surface area is 84.9 Å². The number of alkyl halides is 4. The van der Waals surface area contributed by atoms with E-state index in [0.29, 0.717) is 0 Å². The molecule has 0 aliphatic carbocycles. The normalized spacial score (nSPS) is 11.9. The highest BCUT2D eigenvalue weighted by Gasteiger charge is 2.35. The minimum atomic E-state index is -4.87. The second-order valence-electron chi connectivity index (χ2n) is 2.56. The van der Waals surface area contributed by atoms with Gasteiger partial charge in [-0.1, -0.05) is 15.9 Å². The lowest BCUT2D eigenvalue weighted by molar-refractivity contribution is -0.140. The van der Waals surface area contributed by atoms with Crippen molar-refractivity contribution in [2.45, 2.75) is 11.5 Å². The van der Waals surface area contributed by atoms with Crippen LogP contribution in [-0.2, 0) is 11.5 Å². The Kier molecular flexibility index (Phi) is 3.14. The molecule has 78 valence electrons. The number of rotatable bonds is 1. The van der Waals surface area contributed by atoms with Crippen molar-refractivity contribution < 1.29 is 22.0 Å². The molecule has 0 bridgehead atoms. The fourth-order valence-electron chi connectivity index (χ4n) is 0.949. The van der Waals surface area contributed by atoms with Gasteiger partial charge < -0.3 is 0 Å². The van der Waals surface area contributed by atoms with Crippen LogP contribution in [0, 0.1) is 11.6 Å². The molecule has 0 amide bonds. The highest BCUT2D eigenvalue weighted by atomic mass is 79.9. The molecule has 0 N–H and O–H groups in total. The van der Waals surface area contributed by atoms with Crippen molar-refractivity contribution in [1.82, 2.24) is 0 Å². The molecule has 14 heavy (non-hydrogen) atoms. The minimum absolute atomic E-state index is 0.140. The first-order valence-corrected chi connectivity index (χ1v) is 4.59. The molecule has 0 aliphatic rings. The van der Waals surface area contributed by atoms with Gasteiger partial charge in [0.2, 0.25) is 0 Å². The third-order valence-corrected chi connectivity index (χ3v) is 2.17. The first kappa shape index (κ1) is 11.4. The summed E-state index contributed by atoms with van der Waals surface area (Å²) in [5, 5.41) is -0.167. The quantitative estimate of drug-likeness (QED) is 0.539. The van der Waals surface area contributed by atoms with Gasteiger partial charge in [0.05, 0.1) is 5.56 Å². The SMILES string of the molecule is Fc1cc(CBr)c(F)c(C(F)(F)F)c1. The Balaban J connectivity index is 3.37. The Morgan fingerprint density at radius 2 is 1.71 bits per heavy atom. The van der Waals surface area contributed by atoms with Crippen molar-refractivity contribution in [2.75, 3.05) is 0 Å². The highest BCUT2D eigenvalue weighted by Crippen LogP contribution is 2.33. The van der Waals surface area contributed by atoms with Crippen LogP contribution in [0.2, 0.25) is 0 Å². The molecule has 1 aromatic carbocycles. The van der Waals surface area contributed by atoms with Crippen molar-refractivity contribution in [1.29, 1.82) is 0 Å². The summed E-state index contributed by atoms with van der Waals surface area (Å²) in [4.78, 5) is 0. The average Bonchev–Trinajstić information content (AvgIpc) is 2.06. The summed E-state index contributed by atoms with van der Waals surface area (Å²) in [5.41, 5.74) is -1.93. The third kappa shape index (κ3) is 2.23. The number of hydrogen-bond acceptors (Lipinski definition) is 0. The van der Waals surface area contributed by atoms with Gasteiger partial charge in [0.25, 0.3) is 0 Å². The topological polar surface area (TPSA) is 0 Å². The Morgan fingerprint density at radius 3 is 2.14 bits per heavy atom. The van der Waals surface area contributed by atoms with Crippen LogP contribution in [0.1, 0.15) is 11.1 Å². The van der Waals surface area contributed by atoms with Crippen LogP contribution in [0.25, 0.3) is 0 Å². The highest BCUT2D eigenvalue weighted by molar-refractivity contribution is 9.08. The molecule has 0 radical (unpaired) electrons. The van der Waals surface area contributed by atoms with Crippen molar-refractivity contribution in [3.05, 3.63) is 34.9 Å². The van der Waals surface area contributed by atoms with Gasteiger partial charge in [0.15, 0.2) is 0 Å². The zero-order chi connectivity index (χ0) is 10.9. The lowest BCUT2D eigenvalue weighted by atomic mass is 10.1. The van der Waals surface area contributed by atoms with Gasteiger partial charge in [-0.2, -0.15) is 13.2 Å². The lowest BCUT2D eigenvalue weighted by Crippen LogP contribution is -2.10. The van der Waals surface area contributed by atoms with Gasteiger partial charge in [-0.25, -0.2) is 8.78 Å². The summed E-state index contributed by atoms with van der Waals surface area (Å²) in [6.45, 7) is 0. The van der Waals surface area contributed by atoms with E-state index in [-0.39, 0.29) is 17.0 Å². The maximum atomic E-state index is 13.0. The van der Waals surface area contributed by atoms with Crippen LogP contribution >= 0.6 is 15.9 Å². The smallest absolute Gasteiger partial charge is 0.207 e. The second kappa shape index (κ2) is 3.84. The van der Waals surface area contributed by atoms with E-state index in [2.05, 4.69) is 15.9 Å². The second-order valence-corrected chi connectivity index (χ2v) is 3.12. The standard InChI is InChI=1S/C8H4BrF5/c9-3-4-1-5(10)2-6(7(4)11)8(12,13)14/h1-2H,3H2. The Hall–Kier alpha value is -0.650. The summed E-state index contributed by atoms with van der Waals surface area (Å²) in [7, 11) is 0. The van der Waals surface area contributed by atoms with Crippen LogP contribution in [0.4, 0.5) is 22.0 Å². The Morgan fingerprint density at radius 1 is 1.14 bits per heavy atom. The molecular weight excluding hydrogens is 271 g/mol. The monoisotopic (exact) mass is 274 g/mol. The molecule has 0 nitrogen and oxygen atoms in total. The molecule has 0 spiro atoms. The summed E-state index contributed by atoms with van der Waals surface area (Å²) in [5.74, 6) is -2.54. The Bertz CT molecular complexity index is 344. The van der Waals surface area contributed by atoms with E-state index in [4.69, 9.17) is 0 Å². The van der Waals surface area contributed by atoms with Crippen LogP contribution in [0.5, 0.6) is 0 Å². The maximum absolute atomic E-state index is 13.0. The molecule has 0 saturated heterocycles. The van der Waals surface area contributed by atoms with Crippen LogP contribution in [-0.4, -0.2) is 0 Å². The molecule has 0 aromatic heterocycles. The van der Waals surface area contributed by atoms with Crippen molar-refractivity contribution >= 4 is 15.9 Å². The summed E-state index contributed by atoms with van der Waals surface area (Å²) in [6.07, 6.45) is -4.87. The average molecular weight is 275 g/mol. The van der Waals surface area contributed by atoms with E-state index in [1.807, 2.05) is 0 Å². The van der Waals surface area contributed by atoms with Gasteiger partial charge in [-0.15, -0.1) is 0 Å². The molecule has 0 atom stereocenters. The summed E-state index contributed by atoms with van der Waals surface area (Å²) in [6, 6.07) is 0.862. The van der Waals surface area contributed by atoms with E-state index < -0.39 is 23.4 Å². The fourth-order valence-corrected chi connectivity index (χ4v) is 1.36. The largest absolute Gasteiger partial charge is 0.419 e. The first-order chi connectivity index (χ1) is 6.36. The van der Waals surface area contributed by atoms with Crippen molar-refractivity contribution in [3.8, 4) is 0 Å². The van der Waals surface area contributed by atoms with Crippen LogP contribution in [0.15, 0.2) is 12.1 Å². The van der Waals surface area contributed by atoms with Crippen molar-refractivity contribution in [2.24, 2.45) is 0 Å². The van der Waals surface area contributed by atoms with Gasteiger partial charge >= 0.3 is 6.18 Å². The summed E-state index contributed by atoms with van der Waals surface area (Å²) >= 11 is 2.77. The maximum Gasteiger partial charge on any atom is 0.419 e. The molecule has 1 rings (SSSR count). The zero-order valence-corrected chi connectivity index (χ0v) is 8.22. The number of hydrogen-bond donors (Lipinski definition) is 0. The molecule has 6 heteroatoms. The molecule has 0 saturated carbocycles. The lowest BCUT2D eigenvalue weighted by Gasteiger charge is -2.10. The predicted molar refractivity (Wildman–Crippen MR) is 44.0 cm³/mol. The minimum Gasteiger partial charge on any atom is -0.207 e. The molecule has 0 unspecified atom stereocenters. The van der Waals surface area contributed by atoms with Gasteiger partial charge in [0.1, 0.15) is 11.6 Å². The van der Waals surface area contributed by atoms with E-state index in [1.54, 1.807) is 0 Å². The number of halogens is 6. The van der Waals surface area contributed by atoms with Crippen LogP contribution in [0.3, 0.4) is 0 Å². The zero-order valence-electron chi connectivity index (χ0n) is 6.63. The first-order valence-electron chi connectivity index (χ1n) is 3.47. The summed E-state index contributed by atoms with van der Waals surface area (Å²) < 4.78 is 62.0. The van der Waals surface area contributed by atoms with Gasteiger partial charge in [0, 0.05) is 10.9 Å². The van der Waals surface area contributed by atoms with Gasteiger partial charge in [-0.05, 0) is 12.1 Å². The molecular formula is C8H4BrF5. The fraction of sp³-hybridized carbons (Fsp3) is 0.250. The van der Waals surface area contributed by atoms with E-state index >= 15 is 0 Å². The van der Waals surface area contributed by atoms with E-state index in [1.165, 1.54) is 0 Å². The molecule has 0 aliphatic heterocycles. The molecule has 0 fully saturated rings. The molecule has 0 heterocycles.